The molecule has 0 amide bonds. The molecule has 0 spiro atoms. The van der Waals surface area contributed by atoms with E-state index in [0.717, 1.165) is 63.0 Å². The number of nitrogens with one attached hydrogen (secondary N) is 1. The molecule has 0 radical (unpaired) electrons. The molecule has 3 heterocycles. The van der Waals surface area contributed by atoms with Crippen molar-refractivity contribution in [3.63, 3.8) is 0 Å². The lowest BCUT2D eigenvalue weighted by Crippen LogP contribution is -2.30. The highest BCUT2D eigenvalue weighted by atomic mass is 79.9. The second-order valence-corrected chi connectivity index (χ2v) is 9.88. The quantitative estimate of drug-likeness (QED) is 0.434. The minimum absolute atomic E-state index is 0.442. The van der Waals surface area contributed by atoms with E-state index in [-0.39, 0.29) is 0 Å². The van der Waals surface area contributed by atoms with Gasteiger partial charge in [0.1, 0.15) is 5.52 Å². The third-order valence-electron chi connectivity index (χ3n) is 5.33. The Morgan fingerprint density at radius 2 is 1.94 bits per heavy atom. The fourth-order valence-corrected chi connectivity index (χ4v) is 5.23. The molecular formula is C22H28BrN5O2S. The van der Waals surface area contributed by atoms with Crippen molar-refractivity contribution in [2.75, 3.05) is 12.3 Å². The van der Waals surface area contributed by atoms with Gasteiger partial charge in [-0.2, -0.15) is 0 Å². The topological polar surface area (TPSA) is 87.2 Å². The Bertz CT molecular complexity index is 1100. The molecule has 0 unspecified atom stereocenters. The molecule has 1 aromatic carbocycles. The Hall–Kier alpha value is -1.97. The van der Waals surface area contributed by atoms with Gasteiger partial charge < -0.3 is 25.1 Å². The van der Waals surface area contributed by atoms with Crippen molar-refractivity contribution in [1.29, 1.82) is 0 Å². The first-order valence-electron chi connectivity index (χ1n) is 10.5. The zero-order chi connectivity index (χ0) is 22.2. The maximum Gasteiger partial charge on any atom is 0.246 e. The number of benzene rings is 1. The standard InChI is InChI=1S/C22H28BrN5O2S/c1-5-13(6-2)25-9-10-28-15-7-8-26-20(24)19(15)27-21(28)31-18-12-17-16(11-14(18)23)29-22(3,4)30-17/h7-8,11-13,25H,5-6,9-10H2,1-4H3,(H2,24,26). The Balaban J connectivity index is 1.65. The summed E-state index contributed by atoms with van der Waals surface area (Å²) >= 11 is 5.25. The average Bonchev–Trinajstić information content (AvgIpc) is 3.22. The monoisotopic (exact) mass is 505 g/mol. The lowest BCUT2D eigenvalue weighted by molar-refractivity contribution is -0.0432. The van der Waals surface area contributed by atoms with E-state index in [4.69, 9.17) is 20.2 Å². The maximum atomic E-state index is 6.13. The predicted octanol–water partition coefficient (Wildman–Crippen LogP) is 5.21. The average molecular weight is 506 g/mol. The van der Waals surface area contributed by atoms with Crippen molar-refractivity contribution in [2.24, 2.45) is 0 Å². The SMILES string of the molecule is CCC(CC)NCCn1c(Sc2cc3c(cc2Br)OC(C)(C)O3)nc2c(N)nccc21. The highest BCUT2D eigenvalue weighted by molar-refractivity contribution is 9.10. The van der Waals surface area contributed by atoms with Crippen LogP contribution in [0.2, 0.25) is 0 Å². The van der Waals surface area contributed by atoms with Crippen LogP contribution >= 0.6 is 27.7 Å². The zero-order valence-electron chi connectivity index (χ0n) is 18.2. The molecule has 0 bridgehead atoms. The van der Waals surface area contributed by atoms with E-state index < -0.39 is 5.79 Å². The van der Waals surface area contributed by atoms with Crippen LogP contribution in [0.15, 0.2) is 38.9 Å². The van der Waals surface area contributed by atoms with Crippen molar-refractivity contribution in [1.82, 2.24) is 19.9 Å². The van der Waals surface area contributed by atoms with Gasteiger partial charge in [-0.05, 0) is 47.0 Å². The van der Waals surface area contributed by atoms with Gasteiger partial charge >= 0.3 is 0 Å². The molecule has 0 atom stereocenters. The smallest absolute Gasteiger partial charge is 0.246 e. The van der Waals surface area contributed by atoms with E-state index in [1.165, 1.54) is 0 Å². The number of nitrogens with two attached hydrogens (primary N) is 1. The van der Waals surface area contributed by atoms with Crippen molar-refractivity contribution in [2.45, 2.75) is 69.0 Å². The number of rotatable bonds is 8. The second-order valence-electron chi connectivity index (χ2n) is 8.01. The van der Waals surface area contributed by atoms with Gasteiger partial charge in [-0.15, -0.1) is 0 Å². The number of nitrogen functional groups attached to an aromatic ring is 1. The van der Waals surface area contributed by atoms with Crippen LogP contribution < -0.4 is 20.5 Å². The number of aromatic nitrogens is 3. The predicted molar refractivity (Wildman–Crippen MR) is 128 cm³/mol. The van der Waals surface area contributed by atoms with Crippen LogP contribution in [0, 0.1) is 0 Å². The van der Waals surface area contributed by atoms with Crippen LogP contribution in [0.25, 0.3) is 11.0 Å². The molecule has 3 aromatic rings. The van der Waals surface area contributed by atoms with E-state index in [1.54, 1.807) is 18.0 Å². The largest absolute Gasteiger partial charge is 0.449 e. The normalized spacial score (nSPS) is 14.6. The van der Waals surface area contributed by atoms with Gasteiger partial charge in [-0.1, -0.05) is 25.6 Å². The highest BCUT2D eigenvalue weighted by Gasteiger charge is 2.32. The van der Waals surface area contributed by atoms with E-state index in [2.05, 4.69) is 44.6 Å². The summed E-state index contributed by atoms with van der Waals surface area (Å²) in [5.74, 6) is 1.24. The summed E-state index contributed by atoms with van der Waals surface area (Å²) in [4.78, 5) is 10.0. The third kappa shape index (κ3) is 4.63. The zero-order valence-corrected chi connectivity index (χ0v) is 20.6. The summed E-state index contributed by atoms with van der Waals surface area (Å²) in [7, 11) is 0. The summed E-state index contributed by atoms with van der Waals surface area (Å²) in [5, 5.41) is 4.49. The summed E-state index contributed by atoms with van der Waals surface area (Å²) in [6.07, 6.45) is 3.96. The number of pyridine rings is 1. The molecule has 2 aromatic heterocycles. The molecule has 1 aliphatic heterocycles. The summed E-state index contributed by atoms with van der Waals surface area (Å²) in [5.41, 5.74) is 7.84. The Kier molecular flexibility index (Phi) is 6.37. The molecule has 166 valence electrons. The van der Waals surface area contributed by atoms with E-state index >= 15 is 0 Å². The molecule has 31 heavy (non-hydrogen) atoms. The van der Waals surface area contributed by atoms with Gasteiger partial charge in [0.25, 0.3) is 0 Å². The number of fused-ring (bicyclic) bond motifs is 2. The summed E-state index contributed by atoms with van der Waals surface area (Å²) < 4.78 is 14.9. The number of halogens is 1. The van der Waals surface area contributed by atoms with E-state index in [1.807, 2.05) is 32.0 Å². The van der Waals surface area contributed by atoms with E-state index in [0.29, 0.717) is 11.9 Å². The van der Waals surface area contributed by atoms with Crippen LogP contribution in [-0.4, -0.2) is 32.9 Å². The first-order chi connectivity index (χ1) is 14.8. The lowest BCUT2D eigenvalue weighted by Gasteiger charge is -2.16. The lowest BCUT2D eigenvalue weighted by atomic mass is 10.2. The molecule has 0 fully saturated rings. The van der Waals surface area contributed by atoms with Crippen LogP contribution in [0.1, 0.15) is 40.5 Å². The summed E-state index contributed by atoms with van der Waals surface area (Å²) in [6, 6.07) is 6.43. The molecule has 0 saturated heterocycles. The fourth-order valence-electron chi connectivity index (χ4n) is 3.71. The maximum absolute atomic E-state index is 6.13. The molecule has 7 nitrogen and oxygen atoms in total. The molecule has 9 heteroatoms. The number of imidazole rings is 1. The highest BCUT2D eigenvalue weighted by Crippen LogP contribution is 2.46. The first-order valence-corrected chi connectivity index (χ1v) is 12.2. The van der Waals surface area contributed by atoms with Crippen LogP contribution in [0.4, 0.5) is 5.82 Å². The number of hydrogen-bond acceptors (Lipinski definition) is 7. The van der Waals surface area contributed by atoms with Crippen LogP contribution in [-0.2, 0) is 6.54 Å². The molecule has 4 rings (SSSR count). The third-order valence-corrected chi connectivity index (χ3v) is 7.30. The Morgan fingerprint density at radius 1 is 1.23 bits per heavy atom. The summed E-state index contributed by atoms with van der Waals surface area (Å²) in [6.45, 7) is 9.85. The van der Waals surface area contributed by atoms with Gasteiger partial charge in [0, 0.05) is 48.5 Å². The van der Waals surface area contributed by atoms with Gasteiger partial charge in [-0.25, -0.2) is 9.97 Å². The van der Waals surface area contributed by atoms with Crippen molar-refractivity contribution >= 4 is 44.5 Å². The second kappa shape index (κ2) is 8.88. The van der Waals surface area contributed by atoms with Crippen molar-refractivity contribution < 1.29 is 9.47 Å². The van der Waals surface area contributed by atoms with Crippen molar-refractivity contribution in [3.05, 3.63) is 28.9 Å². The minimum Gasteiger partial charge on any atom is -0.449 e. The Labute approximate surface area is 195 Å². The fraction of sp³-hybridized carbons (Fsp3) is 0.455. The van der Waals surface area contributed by atoms with Gasteiger partial charge in [0.05, 0.1) is 5.52 Å². The minimum atomic E-state index is -0.668. The molecular weight excluding hydrogens is 478 g/mol. The van der Waals surface area contributed by atoms with Crippen LogP contribution in [0.3, 0.4) is 0 Å². The number of ether oxygens (including phenoxy) is 2. The molecule has 0 saturated carbocycles. The van der Waals surface area contributed by atoms with Gasteiger partial charge in [-0.3, -0.25) is 0 Å². The number of hydrogen-bond donors (Lipinski definition) is 2. The first kappa shape index (κ1) is 22.2. The van der Waals surface area contributed by atoms with Crippen LogP contribution in [0.5, 0.6) is 11.5 Å². The van der Waals surface area contributed by atoms with E-state index in [9.17, 15) is 0 Å². The Morgan fingerprint density at radius 3 is 2.65 bits per heavy atom. The van der Waals surface area contributed by atoms with Gasteiger partial charge in [0.2, 0.25) is 5.79 Å². The molecule has 3 N–H and O–H groups in total. The molecule has 1 aliphatic rings. The van der Waals surface area contributed by atoms with Crippen molar-refractivity contribution in [3.8, 4) is 11.5 Å². The number of anilines is 1. The molecule has 0 aliphatic carbocycles. The number of nitrogens with zero attached hydrogens (tertiary/aromatic N) is 3. The van der Waals surface area contributed by atoms with Gasteiger partial charge in [0.15, 0.2) is 22.5 Å².